The number of carbonyl (C=O) groups excluding carboxylic acids is 1. The minimum absolute atomic E-state index is 0.00810. The van der Waals surface area contributed by atoms with E-state index in [0.717, 1.165) is 19.4 Å². The molecule has 1 heterocycles. The van der Waals surface area contributed by atoms with E-state index in [9.17, 15) is 4.79 Å². The molecule has 0 aromatic heterocycles. The molecule has 0 saturated carbocycles. The second-order valence-electron chi connectivity index (χ2n) is 4.95. The lowest BCUT2D eigenvalue weighted by Gasteiger charge is -2.39. The van der Waals surface area contributed by atoms with Gasteiger partial charge in [0.15, 0.2) is 0 Å². The van der Waals surface area contributed by atoms with E-state index < -0.39 is 0 Å². The summed E-state index contributed by atoms with van der Waals surface area (Å²) in [6.45, 7) is 7.44. The van der Waals surface area contributed by atoms with Crippen molar-refractivity contribution in [2.45, 2.75) is 39.7 Å². The lowest BCUT2D eigenvalue weighted by Crippen LogP contribution is -2.53. The summed E-state index contributed by atoms with van der Waals surface area (Å²) in [4.78, 5) is 11.2. The van der Waals surface area contributed by atoms with Crippen molar-refractivity contribution in [3.8, 4) is 0 Å². The Bertz CT molecular complexity index is 196. The van der Waals surface area contributed by atoms with Gasteiger partial charge in [-0.05, 0) is 24.8 Å². The minimum Gasteiger partial charge on any atom is -0.369 e. The third-order valence-corrected chi connectivity index (χ3v) is 2.76. The van der Waals surface area contributed by atoms with Gasteiger partial charge in [0.25, 0.3) is 0 Å². The van der Waals surface area contributed by atoms with Gasteiger partial charge in [-0.2, -0.15) is 0 Å². The second-order valence-corrected chi connectivity index (χ2v) is 4.95. The predicted octanol–water partition coefficient (Wildman–Crippen LogP) is 0.886. The predicted molar refractivity (Wildman–Crippen MR) is 53.2 cm³/mol. The second kappa shape index (κ2) is 3.66. The fraction of sp³-hybridized carbons (Fsp3) is 0.900. The Morgan fingerprint density at radius 2 is 2.08 bits per heavy atom. The van der Waals surface area contributed by atoms with Crippen LogP contribution in [0.2, 0.25) is 0 Å². The molecule has 1 aliphatic heterocycles. The highest BCUT2D eigenvalue weighted by Crippen LogP contribution is 2.30. The maximum atomic E-state index is 11.2. The van der Waals surface area contributed by atoms with E-state index in [1.54, 1.807) is 0 Å². The first kappa shape index (κ1) is 10.5. The maximum absolute atomic E-state index is 11.2. The van der Waals surface area contributed by atoms with E-state index in [1.165, 1.54) is 0 Å². The Kier molecular flexibility index (Phi) is 2.96. The lowest BCUT2D eigenvalue weighted by atomic mass is 9.75. The first-order valence-electron chi connectivity index (χ1n) is 4.95. The normalized spacial score (nSPS) is 30.1. The minimum atomic E-state index is -0.160. The summed E-state index contributed by atoms with van der Waals surface area (Å²) in [7, 11) is 0. The summed E-state index contributed by atoms with van der Waals surface area (Å²) in [6, 6.07) is 0.235. The van der Waals surface area contributed by atoms with E-state index in [4.69, 9.17) is 5.73 Å². The highest BCUT2D eigenvalue weighted by Gasteiger charge is 2.36. The van der Waals surface area contributed by atoms with Crippen LogP contribution in [0.15, 0.2) is 0 Å². The molecule has 0 aromatic rings. The topological polar surface area (TPSA) is 55.1 Å². The van der Waals surface area contributed by atoms with Crippen LogP contribution in [0.3, 0.4) is 0 Å². The zero-order valence-electron chi connectivity index (χ0n) is 8.76. The Morgan fingerprint density at radius 1 is 1.46 bits per heavy atom. The van der Waals surface area contributed by atoms with Crippen molar-refractivity contribution in [3.63, 3.8) is 0 Å². The van der Waals surface area contributed by atoms with Gasteiger partial charge in [0, 0.05) is 6.04 Å². The number of hydrogen-bond donors (Lipinski definition) is 2. The van der Waals surface area contributed by atoms with Crippen LogP contribution in [-0.2, 0) is 4.79 Å². The number of carbonyl (C=O) groups is 1. The number of nitrogens with two attached hydrogens (primary N) is 1. The highest BCUT2D eigenvalue weighted by molar-refractivity contribution is 5.77. The molecule has 3 heteroatoms. The monoisotopic (exact) mass is 184 g/mol. The third-order valence-electron chi connectivity index (χ3n) is 2.76. The van der Waals surface area contributed by atoms with E-state index in [-0.39, 0.29) is 23.3 Å². The van der Waals surface area contributed by atoms with Crippen LogP contribution < -0.4 is 11.1 Å². The van der Waals surface area contributed by atoms with Gasteiger partial charge < -0.3 is 11.1 Å². The number of rotatable bonds is 1. The van der Waals surface area contributed by atoms with Gasteiger partial charge in [0.2, 0.25) is 5.91 Å². The Morgan fingerprint density at radius 3 is 2.46 bits per heavy atom. The first-order chi connectivity index (χ1) is 5.93. The van der Waals surface area contributed by atoms with Crippen LogP contribution in [0.5, 0.6) is 0 Å². The fourth-order valence-electron chi connectivity index (χ4n) is 2.10. The Balaban J connectivity index is 2.73. The maximum Gasteiger partial charge on any atom is 0.222 e. The molecule has 3 N–H and O–H groups in total. The average molecular weight is 184 g/mol. The molecule has 1 saturated heterocycles. The summed E-state index contributed by atoms with van der Waals surface area (Å²) in [5, 5.41) is 3.39. The van der Waals surface area contributed by atoms with Crippen LogP contribution in [0.1, 0.15) is 33.6 Å². The SMILES string of the molecule is CC(C)(C)C1NCCCC1C(N)=O. The van der Waals surface area contributed by atoms with Gasteiger partial charge in [-0.15, -0.1) is 0 Å². The Labute approximate surface area is 80.1 Å². The Hall–Kier alpha value is -0.570. The molecular weight excluding hydrogens is 164 g/mol. The van der Waals surface area contributed by atoms with E-state index >= 15 is 0 Å². The first-order valence-corrected chi connectivity index (χ1v) is 4.95. The molecule has 3 nitrogen and oxygen atoms in total. The van der Waals surface area contributed by atoms with Gasteiger partial charge in [-0.1, -0.05) is 20.8 Å². The van der Waals surface area contributed by atoms with E-state index in [2.05, 4.69) is 26.1 Å². The summed E-state index contributed by atoms with van der Waals surface area (Å²) >= 11 is 0. The zero-order chi connectivity index (χ0) is 10.1. The molecule has 0 radical (unpaired) electrons. The molecule has 13 heavy (non-hydrogen) atoms. The van der Waals surface area contributed by atoms with E-state index in [1.807, 2.05) is 0 Å². The molecule has 2 unspecified atom stereocenters. The van der Waals surface area contributed by atoms with E-state index in [0.29, 0.717) is 0 Å². The summed E-state index contributed by atoms with van der Waals surface area (Å²) in [6.07, 6.45) is 1.99. The van der Waals surface area contributed by atoms with Crippen molar-refractivity contribution in [1.29, 1.82) is 0 Å². The fourth-order valence-corrected chi connectivity index (χ4v) is 2.10. The number of amides is 1. The van der Waals surface area contributed by atoms with Gasteiger partial charge >= 0.3 is 0 Å². The summed E-state index contributed by atoms with van der Waals surface area (Å²) in [5.74, 6) is -0.152. The summed E-state index contributed by atoms with van der Waals surface area (Å²) < 4.78 is 0. The van der Waals surface area contributed by atoms with Crippen molar-refractivity contribution < 1.29 is 4.79 Å². The van der Waals surface area contributed by atoms with Crippen LogP contribution in [-0.4, -0.2) is 18.5 Å². The molecule has 76 valence electrons. The molecule has 2 atom stereocenters. The van der Waals surface area contributed by atoms with Crippen LogP contribution in [0.25, 0.3) is 0 Å². The quantitative estimate of drug-likeness (QED) is 0.636. The molecule has 0 bridgehead atoms. The molecular formula is C10H20N2O. The highest BCUT2D eigenvalue weighted by atomic mass is 16.1. The lowest BCUT2D eigenvalue weighted by molar-refractivity contribution is -0.124. The van der Waals surface area contributed by atoms with Gasteiger partial charge in [-0.3, -0.25) is 4.79 Å². The van der Waals surface area contributed by atoms with Crippen molar-refractivity contribution in [3.05, 3.63) is 0 Å². The molecule has 0 aliphatic carbocycles. The molecule has 0 spiro atoms. The number of primary amides is 1. The standard InChI is InChI=1S/C10H20N2O/c1-10(2,3)8-7(9(11)13)5-4-6-12-8/h7-8,12H,4-6H2,1-3H3,(H2,11,13). The largest absolute Gasteiger partial charge is 0.369 e. The molecule has 1 aliphatic rings. The van der Waals surface area contributed by atoms with Crippen molar-refractivity contribution in [2.24, 2.45) is 17.1 Å². The molecule has 1 fully saturated rings. The molecule has 1 amide bonds. The zero-order valence-corrected chi connectivity index (χ0v) is 8.76. The van der Waals surface area contributed by atoms with Crippen molar-refractivity contribution >= 4 is 5.91 Å². The van der Waals surface area contributed by atoms with Crippen LogP contribution in [0, 0.1) is 11.3 Å². The molecule has 0 aromatic carbocycles. The number of hydrogen-bond acceptors (Lipinski definition) is 2. The van der Waals surface area contributed by atoms with Gasteiger partial charge in [0.05, 0.1) is 5.92 Å². The van der Waals surface area contributed by atoms with Crippen molar-refractivity contribution in [1.82, 2.24) is 5.32 Å². The smallest absolute Gasteiger partial charge is 0.222 e. The third kappa shape index (κ3) is 2.44. The average Bonchev–Trinajstić information content (AvgIpc) is 2.03. The molecule has 1 rings (SSSR count). The van der Waals surface area contributed by atoms with Crippen LogP contribution >= 0.6 is 0 Å². The number of nitrogens with one attached hydrogen (secondary N) is 1. The number of piperidine rings is 1. The van der Waals surface area contributed by atoms with Crippen molar-refractivity contribution in [2.75, 3.05) is 6.54 Å². The van der Waals surface area contributed by atoms with Crippen LogP contribution in [0.4, 0.5) is 0 Å². The summed E-state index contributed by atoms with van der Waals surface area (Å²) in [5.41, 5.74) is 5.49. The van der Waals surface area contributed by atoms with Gasteiger partial charge in [-0.25, -0.2) is 0 Å². The van der Waals surface area contributed by atoms with Gasteiger partial charge in [0.1, 0.15) is 0 Å².